The lowest BCUT2D eigenvalue weighted by molar-refractivity contribution is 0.252. The Morgan fingerprint density at radius 1 is 1.08 bits per heavy atom. The van der Waals surface area contributed by atoms with Crippen LogP contribution in [0.3, 0.4) is 0 Å². The number of hydrogen-bond donors (Lipinski definition) is 2. The van der Waals surface area contributed by atoms with E-state index in [4.69, 9.17) is 8.83 Å². The first-order valence-corrected chi connectivity index (χ1v) is 8.32. The number of carbonyl (C=O) groups is 1. The van der Waals surface area contributed by atoms with Crippen LogP contribution in [-0.4, -0.2) is 17.6 Å². The van der Waals surface area contributed by atoms with Crippen molar-refractivity contribution in [2.75, 3.05) is 11.9 Å². The topological polar surface area (TPSA) is 80.3 Å². The van der Waals surface area contributed by atoms with Gasteiger partial charge >= 0.3 is 6.03 Å². The van der Waals surface area contributed by atoms with Crippen LogP contribution in [0.5, 0.6) is 0 Å². The van der Waals surface area contributed by atoms with Gasteiger partial charge in [0.25, 0.3) is 0 Å². The van der Waals surface area contributed by atoms with Crippen molar-refractivity contribution in [1.29, 1.82) is 0 Å². The van der Waals surface area contributed by atoms with Crippen LogP contribution in [0.15, 0.2) is 69.7 Å². The summed E-state index contributed by atoms with van der Waals surface area (Å²) in [6.45, 7) is 2.43. The average Bonchev–Trinajstić information content (AvgIpc) is 3.31. The zero-order valence-corrected chi connectivity index (χ0v) is 14.2. The SMILES string of the molecule is CCNC(=O)Nc1cccc(-c2nc3ccc(-c4ccco4)cc3o2)c1. The molecule has 0 aliphatic carbocycles. The van der Waals surface area contributed by atoms with Crippen molar-refractivity contribution < 1.29 is 13.6 Å². The van der Waals surface area contributed by atoms with E-state index in [1.807, 2.05) is 61.5 Å². The first kappa shape index (κ1) is 16.0. The van der Waals surface area contributed by atoms with E-state index in [1.54, 1.807) is 6.26 Å². The highest BCUT2D eigenvalue weighted by atomic mass is 16.3. The number of oxazole rings is 1. The third kappa shape index (κ3) is 3.17. The van der Waals surface area contributed by atoms with Gasteiger partial charge in [-0.1, -0.05) is 6.07 Å². The molecule has 0 aliphatic rings. The fourth-order valence-electron chi connectivity index (χ4n) is 2.71. The predicted molar refractivity (Wildman–Crippen MR) is 99.8 cm³/mol. The maximum absolute atomic E-state index is 11.7. The third-order valence-corrected chi connectivity index (χ3v) is 3.90. The van der Waals surface area contributed by atoms with Crippen molar-refractivity contribution in [3.05, 3.63) is 60.9 Å². The predicted octanol–water partition coefficient (Wildman–Crippen LogP) is 4.90. The van der Waals surface area contributed by atoms with E-state index in [0.29, 0.717) is 23.7 Å². The van der Waals surface area contributed by atoms with Gasteiger partial charge in [0.1, 0.15) is 11.3 Å². The minimum absolute atomic E-state index is 0.245. The summed E-state index contributed by atoms with van der Waals surface area (Å²) in [6, 6.07) is 16.6. The molecule has 2 aromatic carbocycles. The Morgan fingerprint density at radius 2 is 2.00 bits per heavy atom. The average molecular weight is 347 g/mol. The summed E-state index contributed by atoms with van der Waals surface area (Å²) in [5.74, 6) is 1.27. The van der Waals surface area contributed by atoms with Gasteiger partial charge in [-0.2, -0.15) is 0 Å². The highest BCUT2D eigenvalue weighted by Crippen LogP contribution is 2.29. The molecule has 0 bridgehead atoms. The molecule has 2 heterocycles. The molecule has 0 unspecified atom stereocenters. The molecule has 130 valence electrons. The number of aromatic nitrogens is 1. The van der Waals surface area contributed by atoms with Crippen molar-refractivity contribution in [3.63, 3.8) is 0 Å². The Balaban J connectivity index is 1.65. The van der Waals surface area contributed by atoms with Gasteiger partial charge in [0.05, 0.1) is 6.26 Å². The maximum Gasteiger partial charge on any atom is 0.319 e. The first-order chi connectivity index (χ1) is 12.7. The van der Waals surface area contributed by atoms with Gasteiger partial charge in [0.2, 0.25) is 5.89 Å². The second-order valence-electron chi connectivity index (χ2n) is 5.74. The molecular formula is C20H17N3O3. The number of rotatable bonds is 4. The van der Waals surface area contributed by atoms with E-state index in [9.17, 15) is 4.79 Å². The fraction of sp³-hybridized carbons (Fsp3) is 0.100. The molecule has 26 heavy (non-hydrogen) atoms. The molecule has 2 amide bonds. The van der Waals surface area contributed by atoms with Crippen LogP contribution in [0.2, 0.25) is 0 Å². The number of anilines is 1. The molecule has 0 radical (unpaired) electrons. The lowest BCUT2D eigenvalue weighted by Crippen LogP contribution is -2.28. The van der Waals surface area contributed by atoms with Gasteiger partial charge in [0, 0.05) is 23.4 Å². The monoisotopic (exact) mass is 347 g/mol. The normalized spacial score (nSPS) is 10.8. The molecule has 2 aromatic heterocycles. The molecule has 0 saturated heterocycles. The second-order valence-corrected chi connectivity index (χ2v) is 5.74. The molecule has 0 spiro atoms. The minimum atomic E-state index is -0.245. The second kappa shape index (κ2) is 6.76. The minimum Gasteiger partial charge on any atom is -0.464 e. The summed E-state index contributed by atoms with van der Waals surface area (Å²) < 4.78 is 11.3. The van der Waals surface area contributed by atoms with Gasteiger partial charge < -0.3 is 19.5 Å². The number of furan rings is 1. The number of amides is 2. The molecule has 0 atom stereocenters. The molecule has 2 N–H and O–H groups in total. The van der Waals surface area contributed by atoms with Gasteiger partial charge in [0.15, 0.2) is 5.58 Å². The molecule has 6 heteroatoms. The Labute approximate surface area is 149 Å². The molecule has 6 nitrogen and oxygen atoms in total. The quantitative estimate of drug-likeness (QED) is 0.550. The Morgan fingerprint density at radius 3 is 2.81 bits per heavy atom. The molecule has 4 rings (SSSR count). The van der Waals surface area contributed by atoms with E-state index in [0.717, 1.165) is 22.4 Å². The van der Waals surface area contributed by atoms with Gasteiger partial charge in [-0.25, -0.2) is 9.78 Å². The number of nitrogens with zero attached hydrogens (tertiary/aromatic N) is 1. The maximum atomic E-state index is 11.7. The number of benzene rings is 2. The Bertz CT molecular complexity index is 1050. The summed E-state index contributed by atoms with van der Waals surface area (Å²) in [7, 11) is 0. The van der Waals surface area contributed by atoms with Gasteiger partial charge in [-0.3, -0.25) is 0 Å². The Kier molecular flexibility index (Phi) is 4.15. The number of urea groups is 1. The lowest BCUT2D eigenvalue weighted by Gasteiger charge is -2.06. The van der Waals surface area contributed by atoms with Crippen molar-refractivity contribution in [1.82, 2.24) is 10.3 Å². The highest BCUT2D eigenvalue weighted by molar-refractivity contribution is 5.90. The third-order valence-electron chi connectivity index (χ3n) is 3.90. The number of hydrogen-bond acceptors (Lipinski definition) is 4. The van der Waals surface area contributed by atoms with E-state index in [2.05, 4.69) is 15.6 Å². The van der Waals surface area contributed by atoms with Crippen molar-refractivity contribution in [3.8, 4) is 22.8 Å². The molecule has 0 aliphatic heterocycles. The van der Waals surface area contributed by atoms with E-state index in [1.165, 1.54) is 0 Å². The van der Waals surface area contributed by atoms with E-state index in [-0.39, 0.29) is 6.03 Å². The highest BCUT2D eigenvalue weighted by Gasteiger charge is 2.11. The molecule has 4 aromatic rings. The zero-order chi connectivity index (χ0) is 17.9. The molecule has 0 fully saturated rings. The zero-order valence-electron chi connectivity index (χ0n) is 14.2. The van der Waals surface area contributed by atoms with Crippen molar-refractivity contribution in [2.45, 2.75) is 6.92 Å². The number of nitrogens with one attached hydrogen (secondary N) is 2. The van der Waals surface area contributed by atoms with Gasteiger partial charge in [-0.15, -0.1) is 0 Å². The van der Waals surface area contributed by atoms with Crippen LogP contribution < -0.4 is 10.6 Å². The Hall–Kier alpha value is -3.54. The standard InChI is InChI=1S/C20H17N3O3/c1-2-21-20(24)22-15-6-3-5-14(11-15)19-23-16-9-8-13(12-18(16)26-19)17-7-4-10-25-17/h3-12H,2H2,1H3,(H2,21,22,24). The van der Waals surface area contributed by atoms with Crippen LogP contribution >= 0.6 is 0 Å². The van der Waals surface area contributed by atoms with Gasteiger partial charge in [-0.05, 0) is 55.5 Å². The van der Waals surface area contributed by atoms with Crippen LogP contribution in [0.4, 0.5) is 10.5 Å². The van der Waals surface area contributed by atoms with Crippen LogP contribution in [0.25, 0.3) is 33.9 Å². The fourth-order valence-corrected chi connectivity index (χ4v) is 2.71. The van der Waals surface area contributed by atoms with E-state index < -0.39 is 0 Å². The van der Waals surface area contributed by atoms with Crippen LogP contribution in [0, 0.1) is 0 Å². The summed E-state index contributed by atoms with van der Waals surface area (Å²) in [6.07, 6.45) is 1.64. The number of carbonyl (C=O) groups excluding carboxylic acids is 1. The van der Waals surface area contributed by atoms with Crippen molar-refractivity contribution >= 4 is 22.8 Å². The van der Waals surface area contributed by atoms with E-state index >= 15 is 0 Å². The van der Waals surface area contributed by atoms with Crippen molar-refractivity contribution in [2.24, 2.45) is 0 Å². The largest absolute Gasteiger partial charge is 0.464 e. The smallest absolute Gasteiger partial charge is 0.319 e. The summed E-state index contributed by atoms with van der Waals surface area (Å²) >= 11 is 0. The van der Waals surface area contributed by atoms with Crippen LogP contribution in [-0.2, 0) is 0 Å². The lowest BCUT2D eigenvalue weighted by atomic mass is 10.1. The molecular weight excluding hydrogens is 330 g/mol. The molecule has 0 saturated carbocycles. The summed E-state index contributed by atoms with van der Waals surface area (Å²) in [5, 5.41) is 5.48. The van der Waals surface area contributed by atoms with Crippen LogP contribution in [0.1, 0.15) is 6.92 Å². The number of fused-ring (bicyclic) bond motifs is 1. The summed E-state index contributed by atoms with van der Waals surface area (Å²) in [5.41, 5.74) is 3.83. The summed E-state index contributed by atoms with van der Waals surface area (Å²) in [4.78, 5) is 16.2. The first-order valence-electron chi connectivity index (χ1n) is 8.32.